The first-order chi connectivity index (χ1) is 12.7. The summed E-state index contributed by atoms with van der Waals surface area (Å²) in [7, 11) is 2.31. The number of rotatable bonds is 6. The van der Waals surface area contributed by atoms with Crippen molar-refractivity contribution in [1.29, 1.82) is 0 Å². The number of likely N-dealkylation sites (tertiary alicyclic amines) is 1. The fourth-order valence-electron chi connectivity index (χ4n) is 4.88. The van der Waals surface area contributed by atoms with Crippen LogP contribution in [-0.2, 0) is 0 Å². The maximum absolute atomic E-state index is 9.59. The third-order valence-electron chi connectivity index (χ3n) is 6.48. The maximum Gasteiger partial charge on any atom is 0.191 e. The molecule has 3 aliphatic heterocycles. The number of hydrogen-bond donors (Lipinski definition) is 3. The predicted octanol–water partition coefficient (Wildman–Crippen LogP) is 2.02. The van der Waals surface area contributed by atoms with Crippen molar-refractivity contribution in [3.63, 3.8) is 0 Å². The fraction of sp³-hybridized carbons (Fsp3) is 0.950. The molecular formula is C20H40IN5O. The quantitative estimate of drug-likeness (QED) is 0.229. The summed E-state index contributed by atoms with van der Waals surface area (Å²) in [5, 5.41) is 16.7. The van der Waals surface area contributed by atoms with Crippen molar-refractivity contribution in [3.05, 3.63) is 0 Å². The molecule has 3 saturated heterocycles. The minimum absolute atomic E-state index is 0. The van der Waals surface area contributed by atoms with Crippen LogP contribution in [0.5, 0.6) is 0 Å². The highest BCUT2D eigenvalue weighted by atomic mass is 127. The summed E-state index contributed by atoms with van der Waals surface area (Å²) in [6.07, 6.45) is 9.44. The number of aliphatic imine (C=N–C) groups is 1. The number of halogens is 1. The van der Waals surface area contributed by atoms with E-state index in [-0.39, 0.29) is 30.1 Å². The van der Waals surface area contributed by atoms with Gasteiger partial charge >= 0.3 is 0 Å². The van der Waals surface area contributed by atoms with Crippen molar-refractivity contribution in [3.8, 4) is 0 Å². The summed E-state index contributed by atoms with van der Waals surface area (Å²) in [5.74, 6) is 0.995. The van der Waals surface area contributed by atoms with E-state index < -0.39 is 0 Å². The van der Waals surface area contributed by atoms with Crippen LogP contribution < -0.4 is 10.6 Å². The largest absolute Gasteiger partial charge is 0.393 e. The van der Waals surface area contributed by atoms with Gasteiger partial charge in [0, 0.05) is 44.3 Å². The van der Waals surface area contributed by atoms with E-state index in [9.17, 15) is 5.11 Å². The van der Waals surface area contributed by atoms with E-state index in [1.807, 2.05) is 0 Å². The van der Waals surface area contributed by atoms with Crippen molar-refractivity contribution >= 4 is 29.9 Å². The van der Waals surface area contributed by atoms with Crippen LogP contribution in [0.15, 0.2) is 4.99 Å². The normalized spacial score (nSPS) is 30.6. The Morgan fingerprint density at radius 1 is 1.11 bits per heavy atom. The van der Waals surface area contributed by atoms with Crippen LogP contribution in [0.4, 0.5) is 0 Å². The van der Waals surface area contributed by atoms with Crippen LogP contribution in [0, 0.1) is 0 Å². The molecule has 27 heavy (non-hydrogen) atoms. The minimum Gasteiger partial charge on any atom is -0.393 e. The Labute approximate surface area is 182 Å². The van der Waals surface area contributed by atoms with Gasteiger partial charge in [-0.2, -0.15) is 0 Å². The minimum atomic E-state index is -0.0807. The Balaban J connectivity index is 0.00000261. The van der Waals surface area contributed by atoms with E-state index >= 15 is 0 Å². The van der Waals surface area contributed by atoms with Gasteiger partial charge in [-0.3, -0.25) is 4.99 Å². The third kappa shape index (κ3) is 7.01. The summed E-state index contributed by atoms with van der Waals surface area (Å²) < 4.78 is 0. The van der Waals surface area contributed by atoms with E-state index in [1.54, 1.807) is 0 Å². The first kappa shape index (κ1) is 23.2. The van der Waals surface area contributed by atoms with Gasteiger partial charge in [-0.25, -0.2) is 0 Å². The van der Waals surface area contributed by atoms with Gasteiger partial charge in [0.05, 0.1) is 6.10 Å². The zero-order valence-electron chi connectivity index (χ0n) is 17.2. The first-order valence-electron chi connectivity index (χ1n) is 10.8. The van der Waals surface area contributed by atoms with E-state index in [0.717, 1.165) is 70.0 Å². The molecule has 0 aromatic carbocycles. The van der Waals surface area contributed by atoms with Gasteiger partial charge in [0.2, 0.25) is 0 Å². The highest BCUT2D eigenvalue weighted by Crippen LogP contribution is 2.32. The van der Waals surface area contributed by atoms with E-state index in [4.69, 9.17) is 4.99 Å². The molecule has 2 atom stereocenters. The van der Waals surface area contributed by atoms with Gasteiger partial charge in [0.1, 0.15) is 0 Å². The lowest BCUT2D eigenvalue weighted by Crippen LogP contribution is -2.56. The standard InChI is InChI=1S/C20H39N5O.HI/c1-3-21-20(22-10-5-11-25-12-8-19(26)9-13-25)23-16-14-17-6-4-7-18(15-16)24(17)2;/h16-19,26H,3-15H2,1-2H3,(H2,21,22,23);1H. The van der Waals surface area contributed by atoms with E-state index in [0.29, 0.717) is 6.04 Å². The summed E-state index contributed by atoms with van der Waals surface area (Å²) in [4.78, 5) is 9.90. The van der Waals surface area contributed by atoms with Crippen LogP contribution in [0.3, 0.4) is 0 Å². The SMILES string of the molecule is CCNC(=NCCCN1CCC(O)CC1)NC1CC2CCCC(C1)N2C.I. The molecule has 2 unspecified atom stereocenters. The molecule has 0 aliphatic carbocycles. The Morgan fingerprint density at radius 2 is 1.78 bits per heavy atom. The molecule has 0 spiro atoms. The second-order valence-corrected chi connectivity index (χ2v) is 8.40. The lowest BCUT2D eigenvalue weighted by Gasteiger charge is -2.47. The van der Waals surface area contributed by atoms with Crippen LogP contribution >= 0.6 is 24.0 Å². The molecule has 6 nitrogen and oxygen atoms in total. The van der Waals surface area contributed by atoms with Crippen molar-refractivity contribution in [2.24, 2.45) is 4.99 Å². The van der Waals surface area contributed by atoms with Gasteiger partial charge in [-0.15, -0.1) is 24.0 Å². The molecule has 0 radical (unpaired) electrons. The zero-order valence-corrected chi connectivity index (χ0v) is 19.5. The number of hydrogen-bond acceptors (Lipinski definition) is 4. The fourth-order valence-corrected chi connectivity index (χ4v) is 4.88. The first-order valence-corrected chi connectivity index (χ1v) is 10.8. The molecule has 3 heterocycles. The number of aliphatic hydroxyl groups is 1. The Hall–Kier alpha value is -0.120. The van der Waals surface area contributed by atoms with Gasteiger partial charge in [-0.1, -0.05) is 6.42 Å². The van der Waals surface area contributed by atoms with Crippen molar-refractivity contribution < 1.29 is 5.11 Å². The molecule has 3 fully saturated rings. The predicted molar refractivity (Wildman–Crippen MR) is 123 cm³/mol. The van der Waals surface area contributed by atoms with Crippen LogP contribution in [0.25, 0.3) is 0 Å². The maximum atomic E-state index is 9.59. The lowest BCUT2D eigenvalue weighted by molar-refractivity contribution is 0.0526. The number of fused-ring (bicyclic) bond motifs is 2. The summed E-state index contributed by atoms with van der Waals surface area (Å²) in [6, 6.07) is 2.05. The van der Waals surface area contributed by atoms with Crippen molar-refractivity contribution in [2.75, 3.05) is 39.8 Å². The van der Waals surface area contributed by atoms with E-state index in [1.165, 1.54) is 32.1 Å². The lowest BCUT2D eigenvalue weighted by atomic mass is 9.82. The number of nitrogens with one attached hydrogen (secondary N) is 2. The molecule has 3 aliphatic rings. The monoisotopic (exact) mass is 493 g/mol. The van der Waals surface area contributed by atoms with Crippen molar-refractivity contribution in [2.45, 2.75) is 82.5 Å². The highest BCUT2D eigenvalue weighted by molar-refractivity contribution is 14.0. The average Bonchev–Trinajstić information content (AvgIpc) is 2.61. The van der Waals surface area contributed by atoms with Crippen LogP contribution in [0.1, 0.15) is 58.3 Å². The molecule has 0 aromatic rings. The molecule has 7 heteroatoms. The Kier molecular flexibility index (Phi) is 10.1. The smallest absolute Gasteiger partial charge is 0.191 e. The molecule has 0 aromatic heterocycles. The van der Waals surface area contributed by atoms with E-state index in [2.05, 4.69) is 34.4 Å². The molecule has 3 N–H and O–H groups in total. The van der Waals surface area contributed by atoms with Gasteiger partial charge in [0.15, 0.2) is 5.96 Å². The Morgan fingerprint density at radius 3 is 2.41 bits per heavy atom. The summed E-state index contributed by atoms with van der Waals surface area (Å²) in [5.41, 5.74) is 0. The number of piperidine rings is 3. The Bertz CT molecular complexity index is 442. The average molecular weight is 493 g/mol. The molecule has 0 amide bonds. The number of nitrogens with zero attached hydrogens (tertiary/aromatic N) is 3. The molecule has 158 valence electrons. The topological polar surface area (TPSA) is 63.1 Å². The van der Waals surface area contributed by atoms with Gasteiger partial charge < -0.3 is 25.5 Å². The third-order valence-corrected chi connectivity index (χ3v) is 6.48. The molecule has 3 rings (SSSR count). The van der Waals surface area contributed by atoms with Crippen LogP contribution in [-0.4, -0.2) is 84.9 Å². The second-order valence-electron chi connectivity index (χ2n) is 8.40. The van der Waals surface area contributed by atoms with Gasteiger partial charge in [-0.05, 0) is 65.5 Å². The van der Waals surface area contributed by atoms with Gasteiger partial charge in [0.25, 0.3) is 0 Å². The zero-order chi connectivity index (χ0) is 18.4. The molecule has 2 bridgehead atoms. The highest BCUT2D eigenvalue weighted by Gasteiger charge is 2.36. The van der Waals surface area contributed by atoms with Crippen molar-refractivity contribution in [1.82, 2.24) is 20.4 Å². The second kappa shape index (κ2) is 11.8. The molecule has 0 saturated carbocycles. The summed E-state index contributed by atoms with van der Waals surface area (Å²) >= 11 is 0. The summed E-state index contributed by atoms with van der Waals surface area (Å²) in [6.45, 7) is 7.07. The number of guanidine groups is 1. The van der Waals surface area contributed by atoms with Crippen LogP contribution in [0.2, 0.25) is 0 Å². The number of aliphatic hydroxyl groups excluding tert-OH is 1. The molecular weight excluding hydrogens is 453 g/mol.